The summed E-state index contributed by atoms with van der Waals surface area (Å²) in [5.74, 6) is 1.87. The first-order valence-corrected chi connectivity index (χ1v) is 10.3. The molecule has 0 spiro atoms. The van der Waals surface area contributed by atoms with Crippen LogP contribution in [-0.2, 0) is 0 Å². The average molecular weight is 391 g/mol. The fraction of sp³-hybridized carbons (Fsp3) is 0.647. The summed E-state index contributed by atoms with van der Waals surface area (Å²) < 4.78 is 0. The van der Waals surface area contributed by atoms with Crippen LogP contribution in [0.4, 0.5) is 16.8 Å². The molecule has 4 heterocycles. The zero-order valence-corrected chi connectivity index (χ0v) is 16.5. The highest BCUT2D eigenvalue weighted by Gasteiger charge is 2.22. The fourth-order valence-corrected chi connectivity index (χ4v) is 4.28. The van der Waals surface area contributed by atoms with Gasteiger partial charge in [0.1, 0.15) is 5.01 Å². The molecular weight excluding hydrogens is 364 g/mol. The Morgan fingerprint density at radius 3 is 1.85 bits per heavy atom. The van der Waals surface area contributed by atoms with Crippen LogP contribution in [0.15, 0.2) is 12.1 Å². The molecule has 0 aromatic carbocycles. The molecule has 4 rings (SSSR count). The van der Waals surface area contributed by atoms with E-state index in [1.807, 2.05) is 6.92 Å². The summed E-state index contributed by atoms with van der Waals surface area (Å²) in [7, 11) is 0. The van der Waals surface area contributed by atoms with Crippen LogP contribution in [-0.4, -0.2) is 95.9 Å². The standard InChI is InChI=1S/C17H26N8OS/c1-14-18-21-17(27-14)25-10-8-24(9-11-25)16-3-2-15(19-20-16)23-6-4-22(5-7-23)12-13-26/h2-3,26H,4-13H2,1H3. The molecule has 9 nitrogen and oxygen atoms in total. The van der Waals surface area contributed by atoms with E-state index in [0.717, 1.165) is 80.7 Å². The number of hydrogen-bond donors (Lipinski definition) is 1. The molecule has 2 aliphatic heterocycles. The Hall–Kier alpha value is -2.04. The van der Waals surface area contributed by atoms with Gasteiger partial charge in [0.25, 0.3) is 0 Å². The zero-order valence-electron chi connectivity index (χ0n) is 15.7. The lowest BCUT2D eigenvalue weighted by molar-refractivity contribution is 0.188. The topological polar surface area (TPSA) is 84.8 Å². The van der Waals surface area contributed by atoms with Crippen molar-refractivity contribution >= 4 is 28.1 Å². The van der Waals surface area contributed by atoms with E-state index in [-0.39, 0.29) is 6.61 Å². The number of aliphatic hydroxyl groups is 1. The van der Waals surface area contributed by atoms with Gasteiger partial charge in [-0.15, -0.1) is 20.4 Å². The van der Waals surface area contributed by atoms with Crippen LogP contribution in [0.1, 0.15) is 5.01 Å². The minimum atomic E-state index is 0.223. The summed E-state index contributed by atoms with van der Waals surface area (Å²) in [6.07, 6.45) is 0. The smallest absolute Gasteiger partial charge is 0.208 e. The van der Waals surface area contributed by atoms with Crippen molar-refractivity contribution in [2.45, 2.75) is 6.92 Å². The summed E-state index contributed by atoms with van der Waals surface area (Å²) in [5, 5.41) is 28.3. The Bertz CT molecular complexity index is 723. The molecule has 0 aliphatic carbocycles. The molecule has 0 radical (unpaired) electrons. The van der Waals surface area contributed by atoms with Crippen molar-refractivity contribution in [2.24, 2.45) is 0 Å². The highest BCUT2D eigenvalue weighted by Crippen LogP contribution is 2.23. The van der Waals surface area contributed by atoms with E-state index in [9.17, 15) is 0 Å². The summed E-state index contributed by atoms with van der Waals surface area (Å²) in [4.78, 5) is 9.10. The van der Waals surface area contributed by atoms with Crippen LogP contribution in [0.25, 0.3) is 0 Å². The number of aromatic nitrogens is 4. The summed E-state index contributed by atoms with van der Waals surface area (Å²) >= 11 is 1.65. The normalized spacial score (nSPS) is 19.0. The Kier molecular flexibility index (Phi) is 5.65. The van der Waals surface area contributed by atoms with E-state index in [0.29, 0.717) is 0 Å². The van der Waals surface area contributed by atoms with Crippen molar-refractivity contribution in [1.29, 1.82) is 0 Å². The van der Waals surface area contributed by atoms with Gasteiger partial charge in [-0.1, -0.05) is 11.3 Å². The molecule has 0 bridgehead atoms. The third-order valence-electron chi connectivity index (χ3n) is 5.14. The van der Waals surface area contributed by atoms with Crippen molar-refractivity contribution in [3.8, 4) is 0 Å². The van der Waals surface area contributed by atoms with Crippen LogP contribution < -0.4 is 14.7 Å². The molecule has 2 aromatic rings. The first-order chi connectivity index (χ1) is 13.2. The molecule has 0 unspecified atom stereocenters. The van der Waals surface area contributed by atoms with Crippen molar-refractivity contribution in [3.63, 3.8) is 0 Å². The first kappa shape index (κ1) is 18.3. The lowest BCUT2D eigenvalue weighted by Gasteiger charge is -2.36. The van der Waals surface area contributed by atoms with Gasteiger partial charge in [-0.3, -0.25) is 4.90 Å². The first-order valence-electron chi connectivity index (χ1n) is 9.45. The van der Waals surface area contributed by atoms with Crippen LogP contribution >= 0.6 is 11.3 Å². The second-order valence-corrected chi connectivity index (χ2v) is 8.04. The quantitative estimate of drug-likeness (QED) is 0.763. The Labute approximate surface area is 163 Å². The molecule has 1 N–H and O–H groups in total. The van der Waals surface area contributed by atoms with Crippen LogP contribution in [0, 0.1) is 6.92 Å². The molecular formula is C17H26N8OS. The minimum absolute atomic E-state index is 0.223. The van der Waals surface area contributed by atoms with Crippen LogP contribution in [0.3, 0.4) is 0 Å². The number of anilines is 3. The third kappa shape index (κ3) is 4.28. The van der Waals surface area contributed by atoms with Crippen LogP contribution in [0.5, 0.6) is 0 Å². The average Bonchev–Trinajstić information content (AvgIpc) is 3.16. The predicted octanol–water partition coefficient (Wildman–Crippen LogP) is 0.0774. The van der Waals surface area contributed by atoms with Gasteiger partial charge in [0.05, 0.1) is 6.61 Å². The second-order valence-electron chi connectivity index (χ2n) is 6.88. The summed E-state index contributed by atoms with van der Waals surface area (Å²) in [5.41, 5.74) is 0. The monoisotopic (exact) mass is 390 g/mol. The Morgan fingerprint density at radius 1 is 0.815 bits per heavy atom. The van der Waals surface area contributed by atoms with Gasteiger partial charge in [0.15, 0.2) is 11.6 Å². The molecule has 2 aromatic heterocycles. The number of piperazine rings is 2. The molecule has 2 fully saturated rings. The van der Waals surface area contributed by atoms with E-state index >= 15 is 0 Å². The highest BCUT2D eigenvalue weighted by molar-refractivity contribution is 7.15. The number of nitrogens with zero attached hydrogens (tertiary/aromatic N) is 8. The maximum absolute atomic E-state index is 9.05. The van der Waals surface area contributed by atoms with Crippen molar-refractivity contribution < 1.29 is 5.11 Å². The van der Waals surface area contributed by atoms with E-state index in [2.05, 4.69) is 52.1 Å². The molecule has 2 aliphatic rings. The molecule has 10 heteroatoms. The van der Waals surface area contributed by atoms with Gasteiger partial charge < -0.3 is 19.8 Å². The maximum atomic E-state index is 9.05. The number of aliphatic hydroxyl groups excluding tert-OH is 1. The number of aryl methyl sites for hydroxylation is 1. The van der Waals surface area contributed by atoms with E-state index in [4.69, 9.17) is 5.11 Å². The molecule has 27 heavy (non-hydrogen) atoms. The number of β-amino-alcohol motifs (C(OH)–C–C–N with tert-alkyl or cyclic N) is 1. The van der Waals surface area contributed by atoms with Gasteiger partial charge >= 0.3 is 0 Å². The largest absolute Gasteiger partial charge is 0.395 e. The fourth-order valence-electron chi connectivity index (χ4n) is 3.54. The lowest BCUT2D eigenvalue weighted by atomic mass is 10.3. The molecule has 0 amide bonds. The van der Waals surface area contributed by atoms with Crippen molar-refractivity contribution in [2.75, 3.05) is 80.2 Å². The highest BCUT2D eigenvalue weighted by atomic mass is 32.1. The Morgan fingerprint density at radius 2 is 1.37 bits per heavy atom. The van der Waals surface area contributed by atoms with Gasteiger partial charge in [0, 0.05) is 58.9 Å². The minimum Gasteiger partial charge on any atom is -0.395 e. The summed E-state index contributed by atoms with van der Waals surface area (Å²) in [6.45, 7) is 10.4. The van der Waals surface area contributed by atoms with Gasteiger partial charge in [0.2, 0.25) is 5.13 Å². The van der Waals surface area contributed by atoms with Gasteiger partial charge in [-0.2, -0.15) is 0 Å². The second kappa shape index (κ2) is 8.32. The van der Waals surface area contributed by atoms with E-state index in [1.165, 1.54) is 0 Å². The van der Waals surface area contributed by atoms with Gasteiger partial charge in [-0.05, 0) is 19.1 Å². The lowest BCUT2D eigenvalue weighted by Crippen LogP contribution is -2.48. The van der Waals surface area contributed by atoms with Crippen LogP contribution in [0.2, 0.25) is 0 Å². The van der Waals surface area contributed by atoms with E-state index < -0.39 is 0 Å². The van der Waals surface area contributed by atoms with Gasteiger partial charge in [-0.25, -0.2) is 0 Å². The maximum Gasteiger partial charge on any atom is 0.208 e. The SMILES string of the molecule is Cc1nnc(N2CCN(c3ccc(N4CCN(CCO)CC4)nn3)CC2)s1. The molecule has 2 saturated heterocycles. The summed E-state index contributed by atoms with van der Waals surface area (Å²) in [6, 6.07) is 4.15. The molecule has 0 saturated carbocycles. The molecule has 146 valence electrons. The van der Waals surface area contributed by atoms with Crippen molar-refractivity contribution in [1.82, 2.24) is 25.3 Å². The number of rotatable bonds is 5. The van der Waals surface area contributed by atoms with E-state index in [1.54, 1.807) is 11.3 Å². The zero-order chi connectivity index (χ0) is 18.6. The molecule has 0 atom stereocenters. The predicted molar refractivity (Wildman–Crippen MR) is 107 cm³/mol. The third-order valence-corrected chi connectivity index (χ3v) is 6.04. The Balaban J connectivity index is 1.31. The number of hydrogen-bond acceptors (Lipinski definition) is 10. The van der Waals surface area contributed by atoms with Crippen molar-refractivity contribution in [3.05, 3.63) is 17.1 Å².